The van der Waals surface area contributed by atoms with Crippen LogP contribution < -0.4 is 10.5 Å². The Balaban J connectivity index is 2.23. The van der Waals surface area contributed by atoms with Gasteiger partial charge in [0, 0.05) is 18.7 Å². The highest BCUT2D eigenvalue weighted by molar-refractivity contribution is 7.89. The van der Waals surface area contributed by atoms with Crippen molar-refractivity contribution in [2.75, 3.05) is 12.3 Å². The molecule has 1 aromatic carbocycles. The van der Waals surface area contributed by atoms with E-state index in [-0.39, 0.29) is 11.4 Å². The van der Waals surface area contributed by atoms with E-state index in [1.54, 1.807) is 32.2 Å². The maximum absolute atomic E-state index is 12.5. The highest BCUT2D eigenvalue weighted by Crippen LogP contribution is 2.27. The topological polar surface area (TPSA) is 85.3 Å². The summed E-state index contributed by atoms with van der Waals surface area (Å²) in [6.45, 7) is 5.65. The zero-order valence-corrected chi connectivity index (χ0v) is 13.3. The minimum absolute atomic E-state index is 0.277. The summed E-state index contributed by atoms with van der Waals surface area (Å²) >= 11 is 0. The summed E-state index contributed by atoms with van der Waals surface area (Å²) in [7, 11) is -3.59. The van der Waals surface area contributed by atoms with E-state index in [1.165, 1.54) is 0 Å². The number of furan rings is 1. The molecular formula is C15H20N2O3S. The van der Waals surface area contributed by atoms with Gasteiger partial charge >= 0.3 is 0 Å². The zero-order valence-electron chi connectivity index (χ0n) is 12.4. The van der Waals surface area contributed by atoms with Crippen LogP contribution in [0.4, 0.5) is 5.69 Å². The van der Waals surface area contributed by atoms with Crippen molar-refractivity contribution < 1.29 is 12.8 Å². The number of anilines is 1. The summed E-state index contributed by atoms with van der Waals surface area (Å²) in [5, 5.41) is 0. The molecule has 0 aliphatic rings. The lowest BCUT2D eigenvalue weighted by molar-refractivity contribution is 0.506. The molecular weight excluding hydrogens is 288 g/mol. The predicted molar refractivity (Wildman–Crippen MR) is 82.7 cm³/mol. The monoisotopic (exact) mass is 308 g/mol. The average Bonchev–Trinajstić information content (AvgIpc) is 2.89. The van der Waals surface area contributed by atoms with E-state index in [4.69, 9.17) is 10.2 Å². The second-order valence-electron chi connectivity index (χ2n) is 5.09. The molecule has 0 saturated heterocycles. The number of hydrogen-bond donors (Lipinski definition) is 2. The summed E-state index contributed by atoms with van der Waals surface area (Å²) in [4.78, 5) is 0.277. The summed E-state index contributed by atoms with van der Waals surface area (Å²) in [6, 6.07) is 5.39. The molecule has 0 bridgehead atoms. The number of benzene rings is 1. The lowest BCUT2D eigenvalue weighted by Gasteiger charge is -2.15. The fraction of sp³-hybridized carbons (Fsp3) is 0.333. The van der Waals surface area contributed by atoms with Crippen molar-refractivity contribution in [2.45, 2.75) is 32.1 Å². The van der Waals surface area contributed by atoms with Crippen LogP contribution in [0.3, 0.4) is 0 Å². The molecule has 0 fully saturated rings. The fourth-order valence-corrected chi connectivity index (χ4v) is 3.88. The average molecular weight is 308 g/mol. The minimum atomic E-state index is -3.59. The van der Waals surface area contributed by atoms with E-state index in [9.17, 15) is 8.42 Å². The van der Waals surface area contributed by atoms with Crippen LogP contribution >= 0.6 is 0 Å². The first-order valence-electron chi connectivity index (χ1n) is 6.71. The molecule has 0 unspecified atom stereocenters. The van der Waals surface area contributed by atoms with Crippen LogP contribution in [-0.4, -0.2) is 15.0 Å². The first-order chi connectivity index (χ1) is 9.83. The Kier molecular flexibility index (Phi) is 4.39. The molecule has 3 N–H and O–H groups in total. The number of sulfonamides is 1. The van der Waals surface area contributed by atoms with Crippen molar-refractivity contribution in [2.24, 2.45) is 0 Å². The number of nitrogen functional groups attached to an aromatic ring is 1. The normalized spacial score (nSPS) is 11.8. The SMILES string of the molecule is Cc1cc(N)c(C)c(S(=O)(=O)NCCc2ccco2)c1C. The summed E-state index contributed by atoms with van der Waals surface area (Å²) in [5.41, 5.74) is 8.56. The van der Waals surface area contributed by atoms with E-state index < -0.39 is 10.0 Å². The smallest absolute Gasteiger partial charge is 0.241 e. The van der Waals surface area contributed by atoms with E-state index >= 15 is 0 Å². The molecule has 2 rings (SSSR count). The lowest BCUT2D eigenvalue weighted by atomic mass is 10.1. The van der Waals surface area contributed by atoms with Gasteiger partial charge in [-0.05, 0) is 55.7 Å². The van der Waals surface area contributed by atoms with Crippen LogP contribution in [0.1, 0.15) is 22.5 Å². The molecule has 0 amide bonds. The Hall–Kier alpha value is -1.79. The van der Waals surface area contributed by atoms with E-state index in [0.29, 0.717) is 17.7 Å². The third kappa shape index (κ3) is 3.28. The molecule has 0 saturated carbocycles. The van der Waals surface area contributed by atoms with Crippen molar-refractivity contribution in [3.63, 3.8) is 0 Å². The van der Waals surface area contributed by atoms with Gasteiger partial charge in [-0.15, -0.1) is 0 Å². The van der Waals surface area contributed by atoms with Gasteiger partial charge in [0.2, 0.25) is 10.0 Å². The second kappa shape index (κ2) is 5.91. The molecule has 5 nitrogen and oxygen atoms in total. The largest absolute Gasteiger partial charge is 0.469 e. The number of rotatable bonds is 5. The van der Waals surface area contributed by atoms with Crippen LogP contribution in [0.15, 0.2) is 33.8 Å². The van der Waals surface area contributed by atoms with E-state index in [1.807, 2.05) is 13.0 Å². The molecule has 114 valence electrons. The van der Waals surface area contributed by atoms with Gasteiger partial charge in [0.05, 0.1) is 11.2 Å². The Morgan fingerprint density at radius 2 is 1.95 bits per heavy atom. The summed E-state index contributed by atoms with van der Waals surface area (Å²) < 4.78 is 32.8. The molecule has 21 heavy (non-hydrogen) atoms. The Bertz CT molecular complexity index is 709. The molecule has 0 spiro atoms. The molecule has 1 heterocycles. The Morgan fingerprint density at radius 3 is 2.57 bits per heavy atom. The molecule has 0 atom stereocenters. The van der Waals surface area contributed by atoms with Gasteiger partial charge in [-0.25, -0.2) is 13.1 Å². The molecule has 1 aromatic heterocycles. The number of nitrogens with one attached hydrogen (secondary N) is 1. The van der Waals surface area contributed by atoms with Crippen molar-refractivity contribution in [1.29, 1.82) is 0 Å². The number of hydrogen-bond acceptors (Lipinski definition) is 4. The summed E-state index contributed by atoms with van der Waals surface area (Å²) in [6.07, 6.45) is 2.07. The quantitative estimate of drug-likeness (QED) is 0.830. The predicted octanol–water partition coefficient (Wildman–Crippen LogP) is 2.31. The minimum Gasteiger partial charge on any atom is -0.469 e. The van der Waals surface area contributed by atoms with Crippen LogP contribution in [0.25, 0.3) is 0 Å². The molecule has 0 aliphatic carbocycles. The van der Waals surface area contributed by atoms with Crippen LogP contribution in [0.2, 0.25) is 0 Å². The van der Waals surface area contributed by atoms with Gasteiger partial charge in [-0.1, -0.05) is 0 Å². The first-order valence-corrected chi connectivity index (χ1v) is 8.19. The van der Waals surface area contributed by atoms with Gasteiger partial charge in [0.1, 0.15) is 5.76 Å². The van der Waals surface area contributed by atoms with Crippen molar-refractivity contribution in [3.05, 3.63) is 46.9 Å². The zero-order chi connectivity index (χ0) is 15.6. The Labute approximate surface area is 125 Å². The third-order valence-electron chi connectivity index (χ3n) is 3.59. The van der Waals surface area contributed by atoms with Gasteiger partial charge in [-0.3, -0.25) is 0 Å². The third-order valence-corrected chi connectivity index (χ3v) is 5.32. The van der Waals surface area contributed by atoms with Crippen LogP contribution in [-0.2, 0) is 16.4 Å². The Morgan fingerprint density at radius 1 is 1.24 bits per heavy atom. The fourth-order valence-electron chi connectivity index (χ4n) is 2.28. The molecule has 0 aliphatic heterocycles. The van der Waals surface area contributed by atoms with E-state index in [2.05, 4.69) is 4.72 Å². The van der Waals surface area contributed by atoms with Crippen LogP contribution in [0, 0.1) is 20.8 Å². The van der Waals surface area contributed by atoms with E-state index in [0.717, 1.165) is 16.9 Å². The first kappa shape index (κ1) is 15.6. The number of aryl methyl sites for hydroxylation is 1. The highest BCUT2D eigenvalue weighted by atomic mass is 32.2. The number of nitrogens with two attached hydrogens (primary N) is 1. The lowest BCUT2D eigenvalue weighted by Crippen LogP contribution is -2.27. The molecule has 6 heteroatoms. The van der Waals surface area contributed by atoms with Gasteiger partial charge in [0.15, 0.2) is 0 Å². The van der Waals surface area contributed by atoms with Crippen molar-refractivity contribution >= 4 is 15.7 Å². The maximum Gasteiger partial charge on any atom is 0.241 e. The second-order valence-corrected chi connectivity index (χ2v) is 6.79. The van der Waals surface area contributed by atoms with Gasteiger partial charge in [-0.2, -0.15) is 0 Å². The van der Waals surface area contributed by atoms with Crippen LogP contribution in [0.5, 0.6) is 0 Å². The molecule has 0 radical (unpaired) electrons. The van der Waals surface area contributed by atoms with Crippen molar-refractivity contribution in [1.82, 2.24) is 4.72 Å². The molecule has 2 aromatic rings. The standard InChI is InChI=1S/C15H20N2O3S/c1-10-9-14(16)12(3)15(11(10)2)21(18,19)17-7-6-13-5-4-8-20-13/h4-5,8-9,17H,6-7,16H2,1-3H3. The highest BCUT2D eigenvalue weighted by Gasteiger charge is 2.22. The summed E-state index contributed by atoms with van der Waals surface area (Å²) in [5.74, 6) is 0.745. The van der Waals surface area contributed by atoms with Gasteiger partial charge < -0.3 is 10.2 Å². The van der Waals surface area contributed by atoms with Crippen molar-refractivity contribution in [3.8, 4) is 0 Å². The maximum atomic E-state index is 12.5. The van der Waals surface area contributed by atoms with Gasteiger partial charge in [0.25, 0.3) is 0 Å².